The lowest BCUT2D eigenvalue weighted by Gasteiger charge is -2.23. The molecule has 0 aliphatic rings. The van der Waals surface area contributed by atoms with Crippen LogP contribution in [-0.2, 0) is 0 Å². The molecule has 2 rings (SSSR count). The molecule has 0 aromatic heterocycles. The highest BCUT2D eigenvalue weighted by Crippen LogP contribution is 2.31. The Kier molecular flexibility index (Phi) is 5.54. The van der Waals surface area contributed by atoms with E-state index < -0.39 is 0 Å². The molecule has 0 radical (unpaired) electrons. The summed E-state index contributed by atoms with van der Waals surface area (Å²) in [5, 5.41) is 0. The maximum Gasteiger partial charge on any atom is 0.193 e. The lowest BCUT2D eigenvalue weighted by atomic mass is 9.82. The van der Waals surface area contributed by atoms with E-state index in [1.807, 2.05) is 42.5 Å². The van der Waals surface area contributed by atoms with Crippen LogP contribution in [0.4, 0.5) is 0 Å². The van der Waals surface area contributed by atoms with Gasteiger partial charge in [0.2, 0.25) is 0 Å². The normalized spacial score (nSPS) is 12.6. The standard InChI is InChI=1S/C21H26O/c1-15(2)14-20(16(3)4)17-10-12-19(13-11-17)21(22)18-8-6-5-7-9-18/h5-13,15-16,20H,14H2,1-4H3. The van der Waals surface area contributed by atoms with Crippen molar-refractivity contribution in [1.82, 2.24) is 0 Å². The average Bonchev–Trinajstić information content (AvgIpc) is 2.52. The lowest BCUT2D eigenvalue weighted by Crippen LogP contribution is -2.10. The minimum absolute atomic E-state index is 0.0945. The number of ketones is 1. The summed E-state index contributed by atoms with van der Waals surface area (Å²) in [5.41, 5.74) is 2.85. The van der Waals surface area contributed by atoms with Crippen molar-refractivity contribution in [2.24, 2.45) is 11.8 Å². The molecule has 1 atom stereocenters. The van der Waals surface area contributed by atoms with Crippen molar-refractivity contribution in [3.05, 3.63) is 71.3 Å². The van der Waals surface area contributed by atoms with Crippen molar-refractivity contribution in [1.29, 1.82) is 0 Å². The summed E-state index contributed by atoms with van der Waals surface area (Å²) >= 11 is 0. The van der Waals surface area contributed by atoms with Crippen molar-refractivity contribution in [3.63, 3.8) is 0 Å². The van der Waals surface area contributed by atoms with Crippen LogP contribution in [0.2, 0.25) is 0 Å². The lowest BCUT2D eigenvalue weighted by molar-refractivity contribution is 0.103. The van der Waals surface area contributed by atoms with Crippen molar-refractivity contribution >= 4 is 5.78 Å². The van der Waals surface area contributed by atoms with Crippen molar-refractivity contribution in [2.45, 2.75) is 40.0 Å². The summed E-state index contributed by atoms with van der Waals surface area (Å²) in [6, 6.07) is 17.7. The van der Waals surface area contributed by atoms with Gasteiger partial charge in [-0.2, -0.15) is 0 Å². The molecule has 0 N–H and O–H groups in total. The van der Waals surface area contributed by atoms with Crippen molar-refractivity contribution in [2.75, 3.05) is 0 Å². The maximum absolute atomic E-state index is 12.4. The Bertz CT molecular complexity index is 594. The zero-order chi connectivity index (χ0) is 16.1. The molecular weight excluding hydrogens is 268 g/mol. The van der Waals surface area contributed by atoms with Gasteiger partial charge in [0.25, 0.3) is 0 Å². The highest BCUT2D eigenvalue weighted by Gasteiger charge is 2.18. The van der Waals surface area contributed by atoms with Gasteiger partial charge < -0.3 is 0 Å². The highest BCUT2D eigenvalue weighted by atomic mass is 16.1. The summed E-state index contributed by atoms with van der Waals surface area (Å²) in [7, 11) is 0. The van der Waals surface area contributed by atoms with Gasteiger partial charge in [-0.25, -0.2) is 0 Å². The number of carbonyl (C=O) groups excluding carboxylic acids is 1. The molecule has 0 spiro atoms. The van der Waals surface area contributed by atoms with Crippen LogP contribution in [0.5, 0.6) is 0 Å². The fraction of sp³-hybridized carbons (Fsp3) is 0.381. The van der Waals surface area contributed by atoms with Crippen LogP contribution in [0, 0.1) is 11.8 Å². The van der Waals surface area contributed by atoms with Crippen LogP contribution in [0.3, 0.4) is 0 Å². The van der Waals surface area contributed by atoms with Gasteiger partial charge >= 0.3 is 0 Å². The molecule has 2 aromatic carbocycles. The van der Waals surface area contributed by atoms with Crippen molar-refractivity contribution in [3.8, 4) is 0 Å². The van der Waals surface area contributed by atoms with E-state index in [2.05, 4.69) is 39.8 Å². The van der Waals surface area contributed by atoms with E-state index in [0.29, 0.717) is 17.8 Å². The smallest absolute Gasteiger partial charge is 0.193 e. The van der Waals surface area contributed by atoms with E-state index in [0.717, 1.165) is 11.1 Å². The van der Waals surface area contributed by atoms with Gasteiger partial charge in [-0.05, 0) is 29.7 Å². The molecular formula is C21H26O. The molecule has 1 unspecified atom stereocenters. The number of hydrogen-bond donors (Lipinski definition) is 0. The fourth-order valence-corrected chi connectivity index (χ4v) is 2.94. The van der Waals surface area contributed by atoms with E-state index in [4.69, 9.17) is 0 Å². The first-order chi connectivity index (χ1) is 10.5. The zero-order valence-corrected chi connectivity index (χ0v) is 14.0. The molecule has 0 aliphatic carbocycles. The predicted molar refractivity (Wildman–Crippen MR) is 93.4 cm³/mol. The largest absolute Gasteiger partial charge is 0.289 e. The predicted octanol–water partition coefficient (Wildman–Crippen LogP) is 5.70. The maximum atomic E-state index is 12.4. The van der Waals surface area contributed by atoms with E-state index in [1.165, 1.54) is 12.0 Å². The Morgan fingerprint density at radius 1 is 0.818 bits per heavy atom. The van der Waals surface area contributed by atoms with Gasteiger partial charge in [-0.15, -0.1) is 0 Å². The van der Waals surface area contributed by atoms with E-state index >= 15 is 0 Å². The molecule has 0 fully saturated rings. The van der Waals surface area contributed by atoms with Gasteiger partial charge in [0.1, 0.15) is 0 Å². The van der Waals surface area contributed by atoms with Crippen LogP contribution in [0.25, 0.3) is 0 Å². The molecule has 0 heterocycles. The van der Waals surface area contributed by atoms with Gasteiger partial charge in [0, 0.05) is 11.1 Å². The van der Waals surface area contributed by atoms with Crippen LogP contribution < -0.4 is 0 Å². The Labute approximate surface area is 134 Å². The number of carbonyl (C=O) groups is 1. The van der Waals surface area contributed by atoms with Crippen LogP contribution in [-0.4, -0.2) is 5.78 Å². The SMILES string of the molecule is CC(C)CC(c1ccc(C(=O)c2ccccc2)cc1)C(C)C. The molecule has 0 saturated carbocycles. The van der Waals surface area contributed by atoms with Gasteiger partial charge in [-0.3, -0.25) is 4.79 Å². The minimum atomic E-state index is 0.0945. The van der Waals surface area contributed by atoms with Crippen molar-refractivity contribution < 1.29 is 4.79 Å². The third-order valence-electron chi connectivity index (χ3n) is 4.17. The second kappa shape index (κ2) is 7.40. The van der Waals surface area contributed by atoms with Crippen LogP contribution in [0.15, 0.2) is 54.6 Å². The molecule has 1 heteroatoms. The number of rotatable bonds is 6. The molecule has 2 aromatic rings. The van der Waals surface area contributed by atoms with E-state index in [9.17, 15) is 4.79 Å². The average molecular weight is 294 g/mol. The summed E-state index contributed by atoms with van der Waals surface area (Å²) in [5.74, 6) is 1.94. The fourth-order valence-electron chi connectivity index (χ4n) is 2.94. The first kappa shape index (κ1) is 16.5. The molecule has 116 valence electrons. The summed E-state index contributed by atoms with van der Waals surface area (Å²) in [6.45, 7) is 9.08. The van der Waals surface area contributed by atoms with Crippen LogP contribution in [0.1, 0.15) is 61.5 Å². The topological polar surface area (TPSA) is 17.1 Å². The summed E-state index contributed by atoms with van der Waals surface area (Å²) in [6.07, 6.45) is 1.18. The first-order valence-corrected chi connectivity index (χ1v) is 8.18. The van der Waals surface area contributed by atoms with Gasteiger partial charge in [0.05, 0.1) is 0 Å². The molecule has 0 aliphatic heterocycles. The third-order valence-corrected chi connectivity index (χ3v) is 4.17. The molecule has 0 bridgehead atoms. The number of hydrogen-bond acceptors (Lipinski definition) is 1. The Morgan fingerprint density at radius 2 is 1.36 bits per heavy atom. The van der Waals surface area contributed by atoms with Gasteiger partial charge in [0.15, 0.2) is 5.78 Å². The first-order valence-electron chi connectivity index (χ1n) is 8.18. The third kappa shape index (κ3) is 4.07. The quantitative estimate of drug-likeness (QED) is 0.624. The molecule has 22 heavy (non-hydrogen) atoms. The van der Waals surface area contributed by atoms with E-state index in [-0.39, 0.29) is 5.78 Å². The van der Waals surface area contributed by atoms with Crippen LogP contribution >= 0.6 is 0 Å². The Morgan fingerprint density at radius 3 is 1.86 bits per heavy atom. The Hall–Kier alpha value is -1.89. The zero-order valence-electron chi connectivity index (χ0n) is 14.0. The second-order valence-electron chi connectivity index (χ2n) is 6.80. The summed E-state index contributed by atoms with van der Waals surface area (Å²) < 4.78 is 0. The molecule has 0 amide bonds. The van der Waals surface area contributed by atoms with Gasteiger partial charge in [-0.1, -0.05) is 82.3 Å². The molecule has 1 nitrogen and oxygen atoms in total. The Balaban J connectivity index is 2.21. The minimum Gasteiger partial charge on any atom is -0.289 e. The monoisotopic (exact) mass is 294 g/mol. The number of benzene rings is 2. The summed E-state index contributed by atoms with van der Waals surface area (Å²) in [4.78, 5) is 12.4. The second-order valence-corrected chi connectivity index (χ2v) is 6.80. The van der Waals surface area contributed by atoms with E-state index in [1.54, 1.807) is 0 Å². The molecule has 0 saturated heterocycles. The highest BCUT2D eigenvalue weighted by molar-refractivity contribution is 6.08.